The first-order chi connectivity index (χ1) is 9.17. The fourth-order valence-electron chi connectivity index (χ4n) is 2.36. The lowest BCUT2D eigenvalue weighted by molar-refractivity contribution is 0.0693. The van der Waals surface area contributed by atoms with Crippen LogP contribution in [0.15, 0.2) is 17.0 Å². The van der Waals surface area contributed by atoms with Gasteiger partial charge in [-0.1, -0.05) is 6.92 Å². The quantitative estimate of drug-likeness (QED) is 0.840. The smallest absolute Gasteiger partial charge is 0.339 e. The van der Waals surface area contributed by atoms with Crippen molar-refractivity contribution in [1.82, 2.24) is 0 Å². The van der Waals surface area contributed by atoms with Crippen molar-refractivity contribution >= 4 is 23.4 Å². The lowest BCUT2D eigenvalue weighted by Gasteiger charge is -2.22. The second-order valence-electron chi connectivity index (χ2n) is 4.45. The summed E-state index contributed by atoms with van der Waals surface area (Å²) in [5, 5.41) is 9.24. The zero-order valence-corrected chi connectivity index (χ0v) is 12.1. The Bertz CT molecular complexity index is 470. The van der Waals surface area contributed by atoms with Crippen LogP contribution >= 0.6 is 11.8 Å². The van der Waals surface area contributed by atoms with E-state index in [1.807, 2.05) is 6.07 Å². The summed E-state index contributed by atoms with van der Waals surface area (Å²) in [6, 6.07) is 3.61. The minimum Gasteiger partial charge on any atom is -0.496 e. The van der Waals surface area contributed by atoms with E-state index in [1.165, 1.54) is 20.0 Å². The molecular formula is C14H19NO3S. The molecule has 0 atom stereocenters. The van der Waals surface area contributed by atoms with Gasteiger partial charge in [0.05, 0.1) is 12.8 Å². The Morgan fingerprint density at radius 2 is 2.11 bits per heavy atom. The van der Waals surface area contributed by atoms with E-state index in [0.717, 1.165) is 29.4 Å². The zero-order chi connectivity index (χ0) is 13.8. The fourth-order valence-corrected chi connectivity index (χ4v) is 3.21. The summed E-state index contributed by atoms with van der Waals surface area (Å²) in [4.78, 5) is 14.6. The summed E-state index contributed by atoms with van der Waals surface area (Å²) >= 11 is 1.68. The fraction of sp³-hybridized carbons (Fsp3) is 0.500. The molecule has 19 heavy (non-hydrogen) atoms. The topological polar surface area (TPSA) is 49.8 Å². The molecule has 4 nitrogen and oxygen atoms in total. The number of carbonyl (C=O) groups is 1. The van der Waals surface area contributed by atoms with Crippen molar-refractivity contribution in [1.29, 1.82) is 0 Å². The van der Waals surface area contributed by atoms with Crippen molar-refractivity contribution in [2.45, 2.75) is 24.7 Å². The number of thioether (sulfide) groups is 1. The molecule has 1 fully saturated rings. The highest BCUT2D eigenvalue weighted by Crippen LogP contribution is 2.37. The number of hydrogen-bond donors (Lipinski definition) is 1. The molecule has 1 N–H and O–H groups in total. The standard InChI is InChI=1S/C14H19NO3S/c1-3-19-13-8-10(14(16)17)12(18-2)9-11(13)15-6-4-5-7-15/h8-9H,3-7H2,1-2H3,(H,16,17). The van der Waals surface area contributed by atoms with E-state index in [0.29, 0.717) is 5.75 Å². The highest BCUT2D eigenvalue weighted by molar-refractivity contribution is 7.99. The van der Waals surface area contributed by atoms with Gasteiger partial charge in [0.25, 0.3) is 0 Å². The molecule has 0 bridgehead atoms. The lowest BCUT2D eigenvalue weighted by atomic mass is 10.1. The Balaban J connectivity index is 2.47. The van der Waals surface area contributed by atoms with Gasteiger partial charge in [0.2, 0.25) is 0 Å². The van der Waals surface area contributed by atoms with Crippen LogP contribution in [0.25, 0.3) is 0 Å². The number of methoxy groups -OCH3 is 1. The Labute approximate surface area is 117 Å². The summed E-state index contributed by atoms with van der Waals surface area (Å²) < 4.78 is 5.22. The van der Waals surface area contributed by atoms with Gasteiger partial charge in [-0.2, -0.15) is 0 Å². The maximum atomic E-state index is 11.3. The van der Waals surface area contributed by atoms with Gasteiger partial charge in [-0.25, -0.2) is 4.79 Å². The highest BCUT2D eigenvalue weighted by atomic mass is 32.2. The summed E-state index contributed by atoms with van der Waals surface area (Å²) in [7, 11) is 1.52. The van der Waals surface area contributed by atoms with Crippen LogP contribution in [-0.4, -0.2) is 37.0 Å². The van der Waals surface area contributed by atoms with E-state index in [1.54, 1.807) is 17.8 Å². The average Bonchev–Trinajstić information content (AvgIpc) is 2.92. The summed E-state index contributed by atoms with van der Waals surface area (Å²) in [5.41, 5.74) is 1.34. The first kappa shape index (κ1) is 14.1. The van der Waals surface area contributed by atoms with Crippen LogP contribution < -0.4 is 9.64 Å². The Kier molecular flexibility index (Phi) is 4.58. The van der Waals surface area contributed by atoms with Gasteiger partial charge in [-0.3, -0.25) is 0 Å². The SMILES string of the molecule is CCSc1cc(C(=O)O)c(OC)cc1N1CCCC1. The predicted octanol–water partition coefficient (Wildman–Crippen LogP) is 3.11. The zero-order valence-electron chi connectivity index (χ0n) is 11.3. The molecule has 0 saturated carbocycles. The number of hydrogen-bond acceptors (Lipinski definition) is 4. The molecule has 1 saturated heterocycles. The van der Waals surface area contributed by atoms with Gasteiger partial charge in [-0.15, -0.1) is 11.8 Å². The van der Waals surface area contributed by atoms with Gasteiger partial charge >= 0.3 is 5.97 Å². The lowest BCUT2D eigenvalue weighted by Crippen LogP contribution is -2.19. The van der Waals surface area contributed by atoms with Crippen molar-refractivity contribution in [2.24, 2.45) is 0 Å². The number of benzene rings is 1. The molecule has 0 radical (unpaired) electrons. The molecule has 1 aromatic rings. The van der Waals surface area contributed by atoms with Crippen LogP contribution in [0.4, 0.5) is 5.69 Å². The van der Waals surface area contributed by atoms with E-state index in [4.69, 9.17) is 4.74 Å². The van der Waals surface area contributed by atoms with Gasteiger partial charge in [0.1, 0.15) is 11.3 Å². The van der Waals surface area contributed by atoms with Crippen LogP contribution in [0.1, 0.15) is 30.1 Å². The Hall–Kier alpha value is -1.36. The van der Waals surface area contributed by atoms with Crippen molar-refractivity contribution in [3.05, 3.63) is 17.7 Å². The maximum absolute atomic E-state index is 11.3. The number of rotatable bonds is 5. The molecular weight excluding hydrogens is 262 g/mol. The Morgan fingerprint density at radius 1 is 1.42 bits per heavy atom. The first-order valence-electron chi connectivity index (χ1n) is 6.50. The monoisotopic (exact) mass is 281 g/mol. The maximum Gasteiger partial charge on any atom is 0.339 e. The molecule has 1 heterocycles. The third kappa shape index (κ3) is 2.97. The largest absolute Gasteiger partial charge is 0.496 e. The van der Waals surface area contributed by atoms with Crippen LogP contribution in [0.5, 0.6) is 5.75 Å². The van der Waals surface area contributed by atoms with Gasteiger partial charge < -0.3 is 14.7 Å². The third-order valence-electron chi connectivity index (χ3n) is 3.26. The number of ether oxygens (including phenoxy) is 1. The van der Waals surface area contributed by atoms with Crippen LogP contribution in [0.3, 0.4) is 0 Å². The molecule has 0 amide bonds. The van der Waals surface area contributed by atoms with Crippen molar-refractivity contribution in [3.63, 3.8) is 0 Å². The molecule has 1 aliphatic heterocycles. The number of nitrogens with zero attached hydrogens (tertiary/aromatic N) is 1. The van der Waals surface area contributed by atoms with E-state index in [2.05, 4.69) is 11.8 Å². The van der Waals surface area contributed by atoms with E-state index in [-0.39, 0.29) is 5.56 Å². The average molecular weight is 281 g/mol. The molecule has 1 aromatic carbocycles. The van der Waals surface area contributed by atoms with E-state index < -0.39 is 5.97 Å². The summed E-state index contributed by atoms with van der Waals surface area (Å²) in [6.45, 7) is 4.14. The molecule has 5 heteroatoms. The van der Waals surface area contributed by atoms with Crippen LogP contribution in [0, 0.1) is 0 Å². The molecule has 0 spiro atoms. The second-order valence-corrected chi connectivity index (χ2v) is 5.76. The normalized spacial score (nSPS) is 14.7. The first-order valence-corrected chi connectivity index (χ1v) is 7.49. The van der Waals surface area contributed by atoms with Crippen LogP contribution in [-0.2, 0) is 0 Å². The van der Waals surface area contributed by atoms with Crippen molar-refractivity contribution in [3.8, 4) is 5.75 Å². The van der Waals surface area contributed by atoms with Crippen molar-refractivity contribution < 1.29 is 14.6 Å². The minimum atomic E-state index is -0.942. The molecule has 2 rings (SSSR count). The van der Waals surface area contributed by atoms with Crippen molar-refractivity contribution in [2.75, 3.05) is 30.9 Å². The molecule has 104 valence electrons. The minimum absolute atomic E-state index is 0.237. The third-order valence-corrected chi connectivity index (χ3v) is 4.18. The Morgan fingerprint density at radius 3 is 2.63 bits per heavy atom. The molecule has 0 unspecified atom stereocenters. The predicted molar refractivity (Wildman–Crippen MR) is 77.8 cm³/mol. The van der Waals surface area contributed by atoms with Crippen LogP contribution in [0.2, 0.25) is 0 Å². The summed E-state index contributed by atoms with van der Waals surface area (Å²) in [5.74, 6) is 0.421. The summed E-state index contributed by atoms with van der Waals surface area (Å²) in [6.07, 6.45) is 2.39. The van der Waals surface area contributed by atoms with Gasteiger partial charge in [0.15, 0.2) is 0 Å². The highest BCUT2D eigenvalue weighted by Gasteiger charge is 2.21. The molecule has 0 aliphatic carbocycles. The van der Waals surface area contributed by atoms with E-state index >= 15 is 0 Å². The molecule has 1 aliphatic rings. The number of carboxylic acids is 1. The van der Waals surface area contributed by atoms with Gasteiger partial charge in [0, 0.05) is 24.1 Å². The van der Waals surface area contributed by atoms with E-state index in [9.17, 15) is 9.90 Å². The number of carboxylic acid groups (broad SMARTS) is 1. The second kappa shape index (κ2) is 6.19. The number of aromatic carboxylic acids is 1. The number of anilines is 1. The van der Waals surface area contributed by atoms with Gasteiger partial charge in [-0.05, 0) is 24.7 Å². The molecule has 0 aromatic heterocycles.